The van der Waals surface area contributed by atoms with Gasteiger partial charge in [0.05, 0.1) is 26.4 Å². The van der Waals surface area contributed by atoms with E-state index in [0.717, 1.165) is 109 Å². The van der Waals surface area contributed by atoms with Crippen LogP contribution in [0, 0.1) is 11.8 Å². The zero-order chi connectivity index (χ0) is 67.2. The first-order valence-corrected chi connectivity index (χ1v) is 40.5. The number of hydrogen-bond donors (Lipinski definition) is 3. The van der Waals surface area contributed by atoms with E-state index in [0.29, 0.717) is 31.6 Å². The number of phosphoric acid groups is 2. The van der Waals surface area contributed by atoms with Gasteiger partial charge in [0.25, 0.3) is 0 Å². The van der Waals surface area contributed by atoms with Crippen molar-refractivity contribution in [2.75, 3.05) is 39.6 Å². The summed E-state index contributed by atoms with van der Waals surface area (Å²) in [4.78, 5) is 72.4. The Morgan fingerprint density at radius 3 is 0.747 bits per heavy atom. The van der Waals surface area contributed by atoms with Crippen LogP contribution in [0.2, 0.25) is 0 Å². The smallest absolute Gasteiger partial charge is 0.462 e. The second-order valence-corrected chi connectivity index (χ2v) is 29.8. The molecule has 0 radical (unpaired) electrons. The number of ether oxygens (including phenoxy) is 4. The first kappa shape index (κ1) is 89.1. The van der Waals surface area contributed by atoms with E-state index >= 15 is 0 Å². The van der Waals surface area contributed by atoms with Crippen molar-refractivity contribution in [3.05, 3.63) is 0 Å². The molecule has 0 amide bonds. The number of carbonyl (C=O) groups excluding carboxylic acids is 4. The summed E-state index contributed by atoms with van der Waals surface area (Å²) in [5.41, 5.74) is 0. The summed E-state index contributed by atoms with van der Waals surface area (Å²) < 4.78 is 68.2. The van der Waals surface area contributed by atoms with Crippen molar-refractivity contribution in [1.29, 1.82) is 0 Å². The molecule has 5 atom stereocenters. The summed E-state index contributed by atoms with van der Waals surface area (Å²) in [6.45, 7) is 9.47. The lowest BCUT2D eigenvalue weighted by Crippen LogP contribution is -2.30. The van der Waals surface area contributed by atoms with Gasteiger partial charge in [0.1, 0.15) is 19.3 Å². The van der Waals surface area contributed by atoms with Gasteiger partial charge in [-0.3, -0.25) is 37.3 Å². The molecular formula is C72H140O17P2. The molecular weight excluding hydrogens is 1200 g/mol. The topological polar surface area (TPSA) is 237 Å². The number of aliphatic hydroxyl groups excluding tert-OH is 1. The van der Waals surface area contributed by atoms with Gasteiger partial charge in [-0.15, -0.1) is 0 Å². The summed E-state index contributed by atoms with van der Waals surface area (Å²) in [5, 5.41) is 10.6. The number of phosphoric ester groups is 2. The third kappa shape index (κ3) is 66.5. The van der Waals surface area contributed by atoms with E-state index in [1.165, 1.54) is 173 Å². The molecule has 0 aliphatic heterocycles. The summed E-state index contributed by atoms with van der Waals surface area (Å²) >= 11 is 0. The maximum Gasteiger partial charge on any atom is 0.472 e. The van der Waals surface area contributed by atoms with E-state index in [1.54, 1.807) is 0 Å². The molecule has 2 unspecified atom stereocenters. The van der Waals surface area contributed by atoms with Crippen LogP contribution in [0.25, 0.3) is 0 Å². The average Bonchev–Trinajstić information content (AvgIpc) is 3.42. The molecule has 0 heterocycles. The predicted molar refractivity (Wildman–Crippen MR) is 368 cm³/mol. The van der Waals surface area contributed by atoms with Gasteiger partial charge in [0.2, 0.25) is 0 Å². The lowest BCUT2D eigenvalue weighted by Gasteiger charge is -2.21. The largest absolute Gasteiger partial charge is 0.472 e. The standard InChI is InChI=1S/C72H140O17P2/c1-7-9-11-13-15-16-17-18-19-20-21-22-23-24-29-32-38-44-50-56-71(76)88-68(61-83-70(75)55-49-43-37-31-28-26-25-27-30-35-40-46-52-64(3)4)63-87-91(80,81)85-59-66(73)58-84-90(78,79)86-62-67(60-82-69(74)54-48-42-34-14-12-10-8-2)89-72(77)57-51-45-39-33-36-41-47-53-65(5)6/h64-68,73H,7-63H2,1-6H3,(H,78,79)(H,80,81)/t66-,67+,68+/m0/s1. The molecule has 0 saturated heterocycles. The quantitative estimate of drug-likeness (QED) is 0.0222. The molecule has 91 heavy (non-hydrogen) atoms. The van der Waals surface area contributed by atoms with Gasteiger partial charge in [0.15, 0.2) is 12.2 Å². The highest BCUT2D eigenvalue weighted by atomic mass is 31.2. The second-order valence-electron chi connectivity index (χ2n) is 26.9. The van der Waals surface area contributed by atoms with Gasteiger partial charge in [-0.25, -0.2) is 9.13 Å². The molecule has 0 aromatic heterocycles. The van der Waals surface area contributed by atoms with Crippen LogP contribution in [0.1, 0.15) is 369 Å². The fourth-order valence-electron chi connectivity index (χ4n) is 10.9. The van der Waals surface area contributed by atoms with Gasteiger partial charge in [0, 0.05) is 25.7 Å². The average molecular weight is 1340 g/mol. The van der Waals surface area contributed by atoms with E-state index < -0.39 is 97.5 Å². The van der Waals surface area contributed by atoms with Crippen molar-refractivity contribution >= 4 is 39.5 Å². The lowest BCUT2D eigenvalue weighted by atomic mass is 10.0. The minimum absolute atomic E-state index is 0.103. The van der Waals surface area contributed by atoms with Crippen molar-refractivity contribution < 1.29 is 80.2 Å². The van der Waals surface area contributed by atoms with Crippen molar-refractivity contribution in [3.8, 4) is 0 Å². The Kier molecular flexibility index (Phi) is 62.7. The van der Waals surface area contributed by atoms with Crippen molar-refractivity contribution in [2.24, 2.45) is 11.8 Å². The first-order chi connectivity index (χ1) is 43.9. The summed E-state index contributed by atoms with van der Waals surface area (Å²) in [6.07, 6.45) is 50.3. The predicted octanol–water partition coefficient (Wildman–Crippen LogP) is 20.8. The van der Waals surface area contributed by atoms with E-state index in [1.807, 2.05) is 0 Å². The SMILES string of the molecule is CCCCCCCCCCCCCCCCCCCCCC(=O)O[C@H](COC(=O)CCCCCCCCCCCCCCC(C)C)COP(=O)(O)OC[C@@H](O)COP(=O)(O)OC[C@@H](COC(=O)CCCCCCCCC)OC(=O)CCCCCCCCCC(C)C. The summed E-state index contributed by atoms with van der Waals surface area (Å²) in [5.74, 6) is -0.650. The molecule has 0 aliphatic rings. The number of hydrogen-bond acceptors (Lipinski definition) is 15. The van der Waals surface area contributed by atoms with Crippen LogP contribution < -0.4 is 0 Å². The highest BCUT2D eigenvalue weighted by Crippen LogP contribution is 2.45. The summed E-state index contributed by atoms with van der Waals surface area (Å²) in [7, 11) is -9.90. The number of esters is 4. The maximum atomic E-state index is 13.0. The Labute approximate surface area is 556 Å². The number of rotatable bonds is 71. The normalized spacial score (nSPS) is 14.1. The molecule has 19 heteroatoms. The van der Waals surface area contributed by atoms with Crippen LogP contribution in [-0.2, 0) is 65.4 Å². The second kappa shape index (κ2) is 64.1. The fourth-order valence-corrected chi connectivity index (χ4v) is 12.5. The van der Waals surface area contributed by atoms with Gasteiger partial charge in [-0.1, -0.05) is 318 Å². The Hall–Kier alpha value is -1.94. The Bertz CT molecular complexity index is 1770. The molecule has 3 N–H and O–H groups in total. The molecule has 0 aliphatic carbocycles. The number of carbonyl (C=O) groups is 4. The highest BCUT2D eigenvalue weighted by Gasteiger charge is 2.30. The van der Waals surface area contributed by atoms with E-state index in [2.05, 4.69) is 41.5 Å². The monoisotopic (exact) mass is 1340 g/mol. The van der Waals surface area contributed by atoms with Crippen molar-refractivity contribution in [1.82, 2.24) is 0 Å². The Morgan fingerprint density at radius 2 is 0.505 bits per heavy atom. The molecule has 0 bridgehead atoms. The zero-order valence-electron chi connectivity index (χ0n) is 59.1. The Balaban J connectivity index is 5.18. The Morgan fingerprint density at radius 1 is 0.297 bits per heavy atom. The minimum atomic E-state index is -4.95. The van der Waals surface area contributed by atoms with E-state index in [4.69, 9.17) is 37.0 Å². The van der Waals surface area contributed by atoms with Crippen molar-refractivity contribution in [2.45, 2.75) is 387 Å². The van der Waals surface area contributed by atoms with Gasteiger partial charge < -0.3 is 33.8 Å². The molecule has 17 nitrogen and oxygen atoms in total. The van der Waals surface area contributed by atoms with Crippen LogP contribution in [0.4, 0.5) is 0 Å². The molecule has 0 saturated carbocycles. The van der Waals surface area contributed by atoms with Crippen LogP contribution in [0.3, 0.4) is 0 Å². The van der Waals surface area contributed by atoms with Crippen molar-refractivity contribution in [3.63, 3.8) is 0 Å². The fraction of sp³-hybridized carbons (Fsp3) is 0.944. The first-order valence-electron chi connectivity index (χ1n) is 37.5. The number of unbranched alkanes of at least 4 members (excludes halogenated alkanes) is 41. The summed E-state index contributed by atoms with van der Waals surface area (Å²) in [6, 6.07) is 0. The molecule has 540 valence electrons. The van der Waals surface area contributed by atoms with Gasteiger partial charge in [-0.2, -0.15) is 0 Å². The van der Waals surface area contributed by atoms with E-state index in [9.17, 15) is 43.2 Å². The molecule has 0 aromatic rings. The van der Waals surface area contributed by atoms with Crippen LogP contribution in [-0.4, -0.2) is 96.7 Å². The third-order valence-corrected chi connectivity index (χ3v) is 18.6. The highest BCUT2D eigenvalue weighted by molar-refractivity contribution is 7.47. The minimum Gasteiger partial charge on any atom is -0.462 e. The van der Waals surface area contributed by atoms with Crippen LogP contribution in [0.15, 0.2) is 0 Å². The van der Waals surface area contributed by atoms with Crippen LogP contribution >= 0.6 is 15.6 Å². The third-order valence-electron chi connectivity index (χ3n) is 16.7. The van der Waals surface area contributed by atoms with Gasteiger partial charge >= 0.3 is 39.5 Å². The molecule has 0 fully saturated rings. The maximum absolute atomic E-state index is 13.0. The van der Waals surface area contributed by atoms with Gasteiger partial charge in [-0.05, 0) is 37.5 Å². The molecule has 0 spiro atoms. The van der Waals surface area contributed by atoms with Crippen LogP contribution in [0.5, 0.6) is 0 Å². The lowest BCUT2D eigenvalue weighted by molar-refractivity contribution is -0.161. The molecule has 0 aromatic carbocycles. The van der Waals surface area contributed by atoms with E-state index in [-0.39, 0.29) is 25.7 Å². The number of aliphatic hydroxyl groups is 1. The molecule has 0 rings (SSSR count). The zero-order valence-corrected chi connectivity index (χ0v) is 60.9.